The Hall–Kier alpha value is -2.76. The number of aromatic carboxylic acids is 1. The first-order chi connectivity index (χ1) is 10.00. The minimum atomic E-state index is -3.25. The summed E-state index contributed by atoms with van der Waals surface area (Å²) in [5, 5.41) is 9.08. The van der Waals surface area contributed by atoms with Gasteiger partial charge < -0.3 is 10.1 Å². The zero-order valence-corrected chi connectivity index (χ0v) is 10.7. The monoisotopic (exact) mass is 288 g/mol. The number of carbonyl (C=O) groups is 1. The summed E-state index contributed by atoms with van der Waals surface area (Å²) in [6, 6.07) is 9.77. The van der Waals surface area contributed by atoms with Crippen LogP contribution in [-0.2, 0) is 5.92 Å². The molecule has 2 aromatic heterocycles. The fraction of sp³-hybridized carbons (Fsp3) is 0.0667. The average molecular weight is 288 g/mol. The molecule has 3 aromatic rings. The van der Waals surface area contributed by atoms with Gasteiger partial charge in [-0.15, -0.1) is 0 Å². The highest BCUT2D eigenvalue weighted by Crippen LogP contribution is 2.36. The number of pyridine rings is 1. The number of nitrogens with zero attached hydrogens (tertiary/aromatic N) is 1. The minimum absolute atomic E-state index is 0.0879. The summed E-state index contributed by atoms with van der Waals surface area (Å²) >= 11 is 0. The zero-order chi connectivity index (χ0) is 15.0. The molecule has 1 aromatic carbocycles. The average Bonchev–Trinajstić information content (AvgIpc) is 2.92. The fourth-order valence-corrected chi connectivity index (χ4v) is 2.18. The second-order valence-electron chi connectivity index (χ2n) is 4.55. The lowest BCUT2D eigenvalue weighted by atomic mass is 10.1. The number of hydrogen-bond donors (Lipinski definition) is 2. The number of aromatic amines is 1. The molecule has 0 aliphatic rings. The third-order valence-electron chi connectivity index (χ3n) is 3.23. The highest BCUT2D eigenvalue weighted by atomic mass is 19.3. The lowest BCUT2D eigenvalue weighted by molar-refractivity contribution is 0.0387. The second-order valence-corrected chi connectivity index (χ2v) is 4.55. The summed E-state index contributed by atoms with van der Waals surface area (Å²) < 4.78 is 28.9. The van der Waals surface area contributed by atoms with Gasteiger partial charge in [0, 0.05) is 11.8 Å². The van der Waals surface area contributed by atoms with Crippen LogP contribution in [-0.4, -0.2) is 21.0 Å². The molecular weight excluding hydrogens is 278 g/mol. The highest BCUT2D eigenvalue weighted by Gasteiger charge is 2.36. The molecule has 0 radical (unpaired) electrons. The van der Waals surface area contributed by atoms with E-state index < -0.39 is 11.9 Å². The van der Waals surface area contributed by atoms with Crippen LogP contribution in [0, 0.1) is 0 Å². The van der Waals surface area contributed by atoms with Crippen molar-refractivity contribution in [1.82, 2.24) is 9.97 Å². The summed E-state index contributed by atoms with van der Waals surface area (Å²) in [5.41, 5.74) is -0.357. The number of rotatable bonds is 3. The molecule has 6 heteroatoms. The lowest BCUT2D eigenvalue weighted by Crippen LogP contribution is -2.15. The molecule has 0 aliphatic carbocycles. The molecule has 0 fully saturated rings. The molecule has 0 unspecified atom stereocenters. The van der Waals surface area contributed by atoms with Crippen molar-refractivity contribution in [2.24, 2.45) is 0 Å². The number of nitrogens with one attached hydrogen (secondary N) is 1. The molecule has 106 valence electrons. The molecule has 0 spiro atoms. The topological polar surface area (TPSA) is 66.0 Å². The van der Waals surface area contributed by atoms with Gasteiger partial charge in [0.05, 0.1) is 22.3 Å². The molecule has 0 atom stereocenters. The number of aromatic nitrogens is 2. The smallest absolute Gasteiger partial charge is 0.337 e. The van der Waals surface area contributed by atoms with Crippen LogP contribution in [0.1, 0.15) is 21.6 Å². The van der Waals surface area contributed by atoms with Crippen molar-refractivity contribution >= 4 is 17.0 Å². The van der Waals surface area contributed by atoms with Crippen LogP contribution in [0.3, 0.4) is 0 Å². The second kappa shape index (κ2) is 4.66. The molecule has 0 saturated carbocycles. The molecular formula is C15H10F2N2O2. The number of benzene rings is 1. The lowest BCUT2D eigenvalue weighted by Gasteiger charge is -2.14. The molecule has 0 aliphatic heterocycles. The first-order valence-electron chi connectivity index (χ1n) is 6.15. The molecule has 4 nitrogen and oxygen atoms in total. The summed E-state index contributed by atoms with van der Waals surface area (Å²) in [5.74, 6) is -4.45. The molecule has 0 amide bonds. The SMILES string of the molecule is O=C(O)c1ccnc2cc(C(F)(F)c3ccccc3)[nH]c12. The van der Waals surface area contributed by atoms with Crippen molar-refractivity contribution in [3.8, 4) is 0 Å². The van der Waals surface area contributed by atoms with Crippen LogP contribution in [0.5, 0.6) is 0 Å². The Bertz CT molecular complexity index is 813. The van der Waals surface area contributed by atoms with Gasteiger partial charge in [-0.25, -0.2) is 4.79 Å². The van der Waals surface area contributed by atoms with Crippen molar-refractivity contribution in [3.63, 3.8) is 0 Å². The van der Waals surface area contributed by atoms with E-state index in [1.54, 1.807) is 6.07 Å². The predicted octanol–water partition coefficient (Wildman–Crippen LogP) is 3.40. The number of alkyl halides is 2. The van der Waals surface area contributed by atoms with E-state index in [2.05, 4.69) is 9.97 Å². The number of hydrogen-bond acceptors (Lipinski definition) is 2. The van der Waals surface area contributed by atoms with Crippen molar-refractivity contribution in [1.29, 1.82) is 0 Å². The first kappa shape index (κ1) is 13.2. The first-order valence-corrected chi connectivity index (χ1v) is 6.15. The Morgan fingerprint density at radius 1 is 1.19 bits per heavy atom. The Balaban J connectivity index is 2.18. The van der Waals surface area contributed by atoms with Gasteiger partial charge in [0.1, 0.15) is 0 Å². The number of fused-ring (bicyclic) bond motifs is 1. The predicted molar refractivity (Wildman–Crippen MR) is 72.5 cm³/mol. The number of H-pyrrole nitrogens is 1. The highest BCUT2D eigenvalue weighted by molar-refractivity contribution is 6.00. The van der Waals surface area contributed by atoms with Crippen LogP contribution < -0.4 is 0 Å². The van der Waals surface area contributed by atoms with Crippen LogP contribution >= 0.6 is 0 Å². The Morgan fingerprint density at radius 3 is 2.57 bits per heavy atom. The Morgan fingerprint density at radius 2 is 1.90 bits per heavy atom. The number of carboxylic acid groups (broad SMARTS) is 1. The van der Waals surface area contributed by atoms with Gasteiger partial charge in [0.25, 0.3) is 0 Å². The van der Waals surface area contributed by atoms with E-state index in [9.17, 15) is 13.6 Å². The van der Waals surface area contributed by atoms with Crippen molar-refractivity contribution in [2.75, 3.05) is 0 Å². The van der Waals surface area contributed by atoms with Gasteiger partial charge >= 0.3 is 11.9 Å². The quantitative estimate of drug-likeness (QED) is 0.776. The van der Waals surface area contributed by atoms with Gasteiger partial charge in [-0.2, -0.15) is 8.78 Å². The van der Waals surface area contributed by atoms with E-state index in [0.717, 1.165) is 0 Å². The largest absolute Gasteiger partial charge is 0.478 e. The number of carboxylic acids is 1. The van der Waals surface area contributed by atoms with E-state index in [4.69, 9.17) is 5.11 Å². The third kappa shape index (κ3) is 2.14. The molecule has 0 bridgehead atoms. The molecule has 0 saturated heterocycles. The zero-order valence-electron chi connectivity index (χ0n) is 10.7. The maximum atomic E-state index is 14.5. The summed E-state index contributed by atoms with van der Waals surface area (Å²) in [6.07, 6.45) is 1.28. The van der Waals surface area contributed by atoms with E-state index in [-0.39, 0.29) is 27.9 Å². The summed E-state index contributed by atoms with van der Waals surface area (Å²) in [7, 11) is 0. The van der Waals surface area contributed by atoms with Crippen LogP contribution in [0.2, 0.25) is 0 Å². The van der Waals surface area contributed by atoms with E-state index in [1.165, 1.54) is 42.6 Å². The molecule has 3 rings (SSSR count). The van der Waals surface area contributed by atoms with Crippen molar-refractivity contribution in [2.45, 2.75) is 5.92 Å². The van der Waals surface area contributed by atoms with Crippen molar-refractivity contribution in [3.05, 3.63) is 65.5 Å². The Kier molecular flexibility index (Phi) is 2.94. The maximum Gasteiger partial charge on any atom is 0.337 e. The normalized spacial score (nSPS) is 11.7. The van der Waals surface area contributed by atoms with Crippen LogP contribution in [0.15, 0.2) is 48.7 Å². The van der Waals surface area contributed by atoms with E-state index >= 15 is 0 Å². The van der Waals surface area contributed by atoms with E-state index in [1.807, 2.05) is 0 Å². The number of halogens is 2. The minimum Gasteiger partial charge on any atom is -0.478 e. The summed E-state index contributed by atoms with van der Waals surface area (Å²) in [4.78, 5) is 17.5. The van der Waals surface area contributed by atoms with Crippen molar-refractivity contribution < 1.29 is 18.7 Å². The van der Waals surface area contributed by atoms with Gasteiger partial charge in [-0.05, 0) is 12.1 Å². The van der Waals surface area contributed by atoms with Crippen LogP contribution in [0.4, 0.5) is 8.78 Å². The van der Waals surface area contributed by atoms with Gasteiger partial charge in [0.15, 0.2) is 0 Å². The van der Waals surface area contributed by atoms with Crippen LogP contribution in [0.25, 0.3) is 11.0 Å². The molecule has 2 heterocycles. The third-order valence-corrected chi connectivity index (χ3v) is 3.23. The molecule has 2 N–H and O–H groups in total. The standard InChI is InChI=1S/C15H10F2N2O2/c16-15(17,9-4-2-1-3-5-9)12-8-11-13(19-12)10(14(20)21)6-7-18-11/h1-8,19H,(H,20,21). The van der Waals surface area contributed by atoms with Gasteiger partial charge in [0.2, 0.25) is 0 Å². The maximum absolute atomic E-state index is 14.5. The van der Waals surface area contributed by atoms with E-state index in [0.29, 0.717) is 0 Å². The molecule has 21 heavy (non-hydrogen) atoms. The van der Waals surface area contributed by atoms with Gasteiger partial charge in [-0.3, -0.25) is 4.98 Å². The summed E-state index contributed by atoms with van der Waals surface area (Å²) in [6.45, 7) is 0. The van der Waals surface area contributed by atoms with Gasteiger partial charge in [-0.1, -0.05) is 30.3 Å². The Labute approximate surface area is 118 Å². The fourth-order valence-electron chi connectivity index (χ4n) is 2.18.